The van der Waals surface area contributed by atoms with Gasteiger partial charge in [0.05, 0.1) is 13.4 Å². The van der Waals surface area contributed by atoms with Crippen LogP contribution in [0.1, 0.15) is 27.7 Å². The number of rotatable bonds is 5. The molecule has 0 aliphatic rings. The van der Waals surface area contributed by atoms with Crippen LogP contribution in [-0.4, -0.2) is 29.7 Å². The summed E-state index contributed by atoms with van der Waals surface area (Å²) in [6.45, 7) is 9.25. The van der Waals surface area contributed by atoms with Crippen molar-refractivity contribution < 1.29 is 4.74 Å². The van der Waals surface area contributed by atoms with E-state index in [1.54, 1.807) is 0 Å². The Kier molecular flexibility index (Phi) is 4.54. The molecule has 5 nitrogen and oxygen atoms in total. The van der Waals surface area contributed by atoms with Gasteiger partial charge in [0.25, 0.3) is 5.56 Å². The Labute approximate surface area is 102 Å². The first-order chi connectivity index (χ1) is 7.97. The monoisotopic (exact) mass is 239 g/mol. The van der Waals surface area contributed by atoms with Gasteiger partial charge in [-0.1, -0.05) is 13.8 Å². The molecule has 0 radical (unpaired) electrons. The fourth-order valence-electron chi connectivity index (χ4n) is 1.70. The summed E-state index contributed by atoms with van der Waals surface area (Å²) in [5, 5.41) is 0. The third kappa shape index (κ3) is 3.22. The lowest BCUT2D eigenvalue weighted by Crippen LogP contribution is -2.36. The largest absolute Gasteiger partial charge is 0.489 e. The normalized spacial score (nSPS) is 11.0. The van der Waals surface area contributed by atoms with Gasteiger partial charge < -0.3 is 14.6 Å². The molecule has 0 aromatic carbocycles. The number of nitrogens with one attached hydrogen (secondary N) is 1. The van der Waals surface area contributed by atoms with Crippen LogP contribution >= 0.6 is 0 Å². The number of anilines is 1. The number of aromatic nitrogens is 2. The zero-order valence-corrected chi connectivity index (χ0v) is 11.2. The van der Waals surface area contributed by atoms with Crippen molar-refractivity contribution in [3.05, 3.63) is 16.7 Å². The van der Waals surface area contributed by atoms with Crippen molar-refractivity contribution in [1.82, 2.24) is 9.97 Å². The molecule has 0 aliphatic heterocycles. The van der Waals surface area contributed by atoms with E-state index < -0.39 is 0 Å². The van der Waals surface area contributed by atoms with Crippen molar-refractivity contribution >= 4 is 5.82 Å². The molecule has 1 aromatic rings. The molecule has 0 aliphatic carbocycles. The number of aromatic amines is 1. The van der Waals surface area contributed by atoms with Crippen molar-refractivity contribution in [2.24, 2.45) is 5.92 Å². The molecular weight excluding hydrogens is 218 g/mol. The number of methoxy groups -OCH3 is 1. The Morgan fingerprint density at radius 3 is 2.53 bits per heavy atom. The Morgan fingerprint density at radius 2 is 2.06 bits per heavy atom. The Hall–Kier alpha value is -1.52. The highest BCUT2D eigenvalue weighted by Crippen LogP contribution is 2.23. The maximum Gasteiger partial charge on any atom is 0.295 e. The van der Waals surface area contributed by atoms with E-state index in [0.29, 0.717) is 11.7 Å². The van der Waals surface area contributed by atoms with Crippen molar-refractivity contribution in [2.75, 3.05) is 18.6 Å². The first kappa shape index (κ1) is 13.5. The van der Waals surface area contributed by atoms with Gasteiger partial charge in [-0.2, -0.15) is 0 Å². The number of ether oxygens (including phenoxy) is 1. The van der Waals surface area contributed by atoms with Gasteiger partial charge in [-0.15, -0.1) is 0 Å². The summed E-state index contributed by atoms with van der Waals surface area (Å²) in [6, 6.07) is 0.264. The van der Waals surface area contributed by atoms with Crippen LogP contribution in [0.3, 0.4) is 0 Å². The van der Waals surface area contributed by atoms with Gasteiger partial charge in [0.1, 0.15) is 0 Å². The molecule has 1 rings (SSSR count). The van der Waals surface area contributed by atoms with E-state index in [-0.39, 0.29) is 17.4 Å². The van der Waals surface area contributed by atoms with E-state index >= 15 is 0 Å². The molecule has 0 fully saturated rings. The lowest BCUT2D eigenvalue weighted by atomic mass is 10.2. The van der Waals surface area contributed by atoms with Crippen LogP contribution in [0.2, 0.25) is 0 Å². The summed E-state index contributed by atoms with van der Waals surface area (Å²) in [4.78, 5) is 20.5. The van der Waals surface area contributed by atoms with Gasteiger partial charge in [-0.25, -0.2) is 4.98 Å². The molecule has 17 heavy (non-hydrogen) atoms. The van der Waals surface area contributed by atoms with Gasteiger partial charge in [-0.3, -0.25) is 4.79 Å². The molecule has 0 spiro atoms. The van der Waals surface area contributed by atoms with Gasteiger partial charge in [0.15, 0.2) is 5.82 Å². The second kappa shape index (κ2) is 5.70. The van der Waals surface area contributed by atoms with Crippen LogP contribution < -0.4 is 15.2 Å². The van der Waals surface area contributed by atoms with Gasteiger partial charge in [0, 0.05) is 12.6 Å². The predicted octanol–water partition coefficient (Wildman–Crippen LogP) is 1.65. The molecule has 1 aromatic heterocycles. The summed E-state index contributed by atoms with van der Waals surface area (Å²) < 4.78 is 5.14. The molecule has 0 amide bonds. The van der Waals surface area contributed by atoms with Crippen LogP contribution in [0, 0.1) is 5.92 Å². The van der Waals surface area contributed by atoms with Crippen molar-refractivity contribution in [3.63, 3.8) is 0 Å². The molecular formula is C12H21N3O2. The Bertz CT molecular complexity index is 412. The van der Waals surface area contributed by atoms with Crippen LogP contribution in [0.4, 0.5) is 5.82 Å². The van der Waals surface area contributed by atoms with Crippen LogP contribution in [0.25, 0.3) is 0 Å². The minimum atomic E-state index is -0.244. The van der Waals surface area contributed by atoms with E-state index in [9.17, 15) is 4.79 Å². The average Bonchev–Trinajstić information content (AvgIpc) is 2.25. The fourth-order valence-corrected chi connectivity index (χ4v) is 1.70. The first-order valence-corrected chi connectivity index (χ1v) is 5.85. The molecule has 0 saturated heterocycles. The number of hydrogen-bond acceptors (Lipinski definition) is 4. The highest BCUT2D eigenvalue weighted by atomic mass is 16.5. The molecule has 0 unspecified atom stereocenters. The van der Waals surface area contributed by atoms with Crippen LogP contribution in [-0.2, 0) is 0 Å². The second-order valence-electron chi connectivity index (χ2n) is 4.73. The topological polar surface area (TPSA) is 58.2 Å². The minimum Gasteiger partial charge on any atom is -0.489 e. The predicted molar refractivity (Wildman–Crippen MR) is 68.7 cm³/mol. The van der Waals surface area contributed by atoms with E-state index in [2.05, 4.69) is 42.6 Å². The molecule has 96 valence electrons. The standard InChI is InChI=1S/C12H21N3O2/c1-8(2)6-15(9(3)4)11-10(17-5)12(16)14-7-13-11/h7-9H,6H2,1-5H3,(H,13,14,16). The van der Waals surface area contributed by atoms with Crippen LogP contribution in [0.15, 0.2) is 11.1 Å². The van der Waals surface area contributed by atoms with Crippen molar-refractivity contribution in [1.29, 1.82) is 0 Å². The molecule has 0 saturated carbocycles. The van der Waals surface area contributed by atoms with Gasteiger partial charge >= 0.3 is 0 Å². The van der Waals surface area contributed by atoms with Gasteiger partial charge in [0.2, 0.25) is 5.75 Å². The average molecular weight is 239 g/mol. The second-order valence-corrected chi connectivity index (χ2v) is 4.73. The number of H-pyrrole nitrogens is 1. The van der Waals surface area contributed by atoms with Gasteiger partial charge in [-0.05, 0) is 19.8 Å². The third-order valence-corrected chi connectivity index (χ3v) is 2.45. The van der Waals surface area contributed by atoms with E-state index in [1.165, 1.54) is 13.4 Å². The quantitative estimate of drug-likeness (QED) is 0.848. The number of nitrogens with zero attached hydrogens (tertiary/aromatic N) is 2. The summed E-state index contributed by atoms with van der Waals surface area (Å²) in [6.07, 6.45) is 1.41. The molecule has 0 atom stereocenters. The lowest BCUT2D eigenvalue weighted by molar-refractivity contribution is 0.402. The van der Waals surface area contributed by atoms with E-state index in [0.717, 1.165) is 6.54 Å². The summed E-state index contributed by atoms with van der Waals surface area (Å²) in [5.74, 6) is 1.38. The highest BCUT2D eigenvalue weighted by molar-refractivity contribution is 5.51. The number of hydrogen-bond donors (Lipinski definition) is 1. The van der Waals surface area contributed by atoms with Crippen molar-refractivity contribution in [3.8, 4) is 5.75 Å². The minimum absolute atomic E-state index is 0.244. The molecule has 5 heteroatoms. The Morgan fingerprint density at radius 1 is 1.41 bits per heavy atom. The zero-order valence-electron chi connectivity index (χ0n) is 11.2. The lowest BCUT2D eigenvalue weighted by Gasteiger charge is -2.30. The SMILES string of the molecule is COc1c(N(CC(C)C)C(C)C)nc[nH]c1=O. The fraction of sp³-hybridized carbons (Fsp3) is 0.667. The summed E-state index contributed by atoms with van der Waals surface area (Å²) in [5.41, 5.74) is -0.244. The zero-order chi connectivity index (χ0) is 13.0. The maximum absolute atomic E-state index is 11.6. The first-order valence-electron chi connectivity index (χ1n) is 5.85. The Balaban J connectivity index is 3.18. The molecule has 1 heterocycles. The van der Waals surface area contributed by atoms with E-state index in [4.69, 9.17) is 4.74 Å². The maximum atomic E-state index is 11.6. The van der Waals surface area contributed by atoms with E-state index in [1.807, 2.05) is 0 Å². The molecule has 0 bridgehead atoms. The molecule has 1 N–H and O–H groups in total. The smallest absolute Gasteiger partial charge is 0.295 e. The van der Waals surface area contributed by atoms with Crippen LogP contribution in [0.5, 0.6) is 5.75 Å². The summed E-state index contributed by atoms with van der Waals surface area (Å²) in [7, 11) is 1.49. The highest BCUT2D eigenvalue weighted by Gasteiger charge is 2.19. The third-order valence-electron chi connectivity index (χ3n) is 2.45. The van der Waals surface area contributed by atoms with Crippen molar-refractivity contribution in [2.45, 2.75) is 33.7 Å². The summed E-state index contributed by atoms with van der Waals surface area (Å²) >= 11 is 0.